The first kappa shape index (κ1) is 18.7. The first-order chi connectivity index (χ1) is 11.2. The Balaban J connectivity index is 0.000000615. The maximum Gasteiger partial charge on any atom is 0.302 e. The Morgan fingerprint density at radius 3 is 2.61 bits per heavy atom. The molecule has 0 unspecified atom stereocenters. The number of carbonyl (C=O) groups excluding carboxylic acids is 2. The standard InChI is InChI=1S/C14H14N2O3.2C2H6/c1-9(17)19-8-10-7-16-6-5-15-14(18)12-4-2-3-11(10)13(12)16;2*1-2/h2-4,7H,5-6,8H2,1H3,(H,15,18);2*1-2H3. The average Bonchev–Trinajstić information content (AvgIpc) is 2.86. The van der Waals surface area contributed by atoms with Crippen LogP contribution in [-0.4, -0.2) is 23.0 Å². The fourth-order valence-corrected chi connectivity index (χ4v) is 2.47. The number of aromatic nitrogens is 1. The number of hydrogen-bond donors (Lipinski definition) is 1. The summed E-state index contributed by atoms with van der Waals surface area (Å²) >= 11 is 0. The Morgan fingerprint density at radius 1 is 1.26 bits per heavy atom. The van der Waals surface area contributed by atoms with E-state index in [9.17, 15) is 9.59 Å². The molecule has 1 aromatic carbocycles. The van der Waals surface area contributed by atoms with Crippen molar-refractivity contribution in [1.29, 1.82) is 0 Å². The maximum absolute atomic E-state index is 12.0. The lowest BCUT2D eigenvalue weighted by atomic mass is 10.1. The minimum atomic E-state index is -0.304. The van der Waals surface area contributed by atoms with Crippen molar-refractivity contribution in [1.82, 2.24) is 9.88 Å². The van der Waals surface area contributed by atoms with Crippen LogP contribution in [0.5, 0.6) is 0 Å². The van der Waals surface area contributed by atoms with Crippen molar-refractivity contribution in [3.8, 4) is 0 Å². The molecular formula is C18H26N2O3. The van der Waals surface area contributed by atoms with E-state index >= 15 is 0 Å². The van der Waals surface area contributed by atoms with Crippen LogP contribution in [0, 0.1) is 0 Å². The molecule has 0 aliphatic carbocycles. The molecule has 5 nitrogen and oxygen atoms in total. The van der Waals surface area contributed by atoms with E-state index in [2.05, 4.69) is 5.32 Å². The quantitative estimate of drug-likeness (QED) is 0.862. The summed E-state index contributed by atoms with van der Waals surface area (Å²) in [6.45, 7) is 11.0. The van der Waals surface area contributed by atoms with Crippen molar-refractivity contribution in [3.05, 3.63) is 35.5 Å². The van der Waals surface area contributed by atoms with Gasteiger partial charge >= 0.3 is 5.97 Å². The number of rotatable bonds is 2. The van der Waals surface area contributed by atoms with Gasteiger partial charge in [-0.2, -0.15) is 0 Å². The van der Waals surface area contributed by atoms with Gasteiger partial charge in [-0.25, -0.2) is 0 Å². The molecule has 0 fully saturated rings. The predicted molar refractivity (Wildman–Crippen MR) is 92.4 cm³/mol. The van der Waals surface area contributed by atoms with Crippen LogP contribution in [0.25, 0.3) is 10.9 Å². The average molecular weight is 318 g/mol. The molecule has 23 heavy (non-hydrogen) atoms. The number of para-hydroxylation sites is 1. The second-order valence-electron chi connectivity index (χ2n) is 4.59. The smallest absolute Gasteiger partial charge is 0.302 e. The molecule has 0 spiro atoms. The summed E-state index contributed by atoms with van der Waals surface area (Å²) in [6.07, 6.45) is 1.96. The molecule has 2 aromatic rings. The van der Waals surface area contributed by atoms with Crippen molar-refractivity contribution in [2.45, 2.75) is 47.8 Å². The van der Waals surface area contributed by atoms with Crippen molar-refractivity contribution in [3.63, 3.8) is 0 Å². The molecule has 5 heteroatoms. The predicted octanol–water partition coefficient (Wildman–Crippen LogP) is 3.50. The Hall–Kier alpha value is -2.30. The van der Waals surface area contributed by atoms with Crippen molar-refractivity contribution in [2.75, 3.05) is 6.54 Å². The second kappa shape index (κ2) is 8.98. The highest BCUT2D eigenvalue weighted by atomic mass is 16.5. The molecule has 1 amide bonds. The van der Waals surface area contributed by atoms with Gasteiger partial charge < -0.3 is 14.6 Å². The summed E-state index contributed by atoms with van der Waals surface area (Å²) in [5, 5.41) is 3.83. The number of nitrogens with one attached hydrogen (secondary N) is 1. The SMILES string of the molecule is CC.CC.CC(=O)OCc1cn2c3c(cccc13)C(=O)NCC2. The Labute approximate surface area is 137 Å². The zero-order valence-corrected chi connectivity index (χ0v) is 14.6. The monoisotopic (exact) mass is 318 g/mol. The summed E-state index contributed by atoms with van der Waals surface area (Å²) in [5.74, 6) is -0.358. The zero-order valence-electron chi connectivity index (χ0n) is 14.6. The summed E-state index contributed by atoms with van der Waals surface area (Å²) in [7, 11) is 0. The van der Waals surface area contributed by atoms with Gasteiger partial charge in [-0.3, -0.25) is 9.59 Å². The minimum absolute atomic E-state index is 0.0542. The highest BCUT2D eigenvalue weighted by Gasteiger charge is 2.19. The van der Waals surface area contributed by atoms with E-state index in [1.807, 2.05) is 56.7 Å². The Bertz CT molecular complexity index is 674. The third-order valence-corrected chi connectivity index (χ3v) is 3.29. The van der Waals surface area contributed by atoms with Crippen LogP contribution in [0.15, 0.2) is 24.4 Å². The molecule has 0 atom stereocenters. The summed E-state index contributed by atoms with van der Waals surface area (Å²) in [6, 6.07) is 5.62. The van der Waals surface area contributed by atoms with E-state index in [-0.39, 0.29) is 18.5 Å². The van der Waals surface area contributed by atoms with Crippen molar-refractivity contribution in [2.24, 2.45) is 0 Å². The van der Waals surface area contributed by atoms with Gasteiger partial charge in [-0.15, -0.1) is 0 Å². The van der Waals surface area contributed by atoms with Gasteiger partial charge in [-0.05, 0) is 6.07 Å². The summed E-state index contributed by atoms with van der Waals surface area (Å²) < 4.78 is 7.10. The lowest BCUT2D eigenvalue weighted by molar-refractivity contribution is -0.142. The molecule has 2 heterocycles. The largest absolute Gasteiger partial charge is 0.461 e. The van der Waals surface area contributed by atoms with Gasteiger partial charge in [-0.1, -0.05) is 39.8 Å². The molecule has 3 rings (SSSR count). The molecule has 1 aliphatic rings. The molecule has 1 aliphatic heterocycles. The summed E-state index contributed by atoms with van der Waals surface area (Å²) in [5.41, 5.74) is 2.52. The topological polar surface area (TPSA) is 60.3 Å². The molecule has 0 radical (unpaired) electrons. The molecule has 1 aromatic heterocycles. The van der Waals surface area contributed by atoms with Crippen LogP contribution in [0.1, 0.15) is 50.5 Å². The van der Waals surface area contributed by atoms with Crippen molar-refractivity contribution >= 4 is 22.8 Å². The van der Waals surface area contributed by atoms with Crippen LogP contribution in [0.4, 0.5) is 0 Å². The Kier molecular flexibility index (Phi) is 7.32. The van der Waals surface area contributed by atoms with E-state index in [4.69, 9.17) is 4.74 Å². The van der Waals surface area contributed by atoms with Gasteiger partial charge in [0.25, 0.3) is 5.91 Å². The van der Waals surface area contributed by atoms with Gasteiger partial charge in [0, 0.05) is 37.2 Å². The number of amides is 1. The Morgan fingerprint density at radius 2 is 1.96 bits per heavy atom. The first-order valence-corrected chi connectivity index (χ1v) is 8.19. The zero-order chi connectivity index (χ0) is 17.4. The molecular weight excluding hydrogens is 292 g/mol. The third kappa shape index (κ3) is 4.12. The van der Waals surface area contributed by atoms with Crippen LogP contribution in [0.3, 0.4) is 0 Å². The van der Waals surface area contributed by atoms with Gasteiger partial charge in [0.15, 0.2) is 0 Å². The van der Waals surface area contributed by atoms with Gasteiger partial charge in [0.1, 0.15) is 6.61 Å². The second-order valence-corrected chi connectivity index (χ2v) is 4.59. The molecule has 1 N–H and O–H groups in total. The van der Waals surface area contributed by atoms with E-state index in [0.29, 0.717) is 12.1 Å². The number of hydrogen-bond acceptors (Lipinski definition) is 3. The summed E-state index contributed by atoms with van der Waals surface area (Å²) in [4.78, 5) is 22.9. The normalized spacial score (nSPS) is 12.1. The molecule has 0 saturated heterocycles. The van der Waals surface area contributed by atoms with Crippen LogP contribution in [-0.2, 0) is 22.7 Å². The van der Waals surface area contributed by atoms with Gasteiger partial charge in [0.2, 0.25) is 0 Å². The van der Waals surface area contributed by atoms with E-state index in [0.717, 1.165) is 23.0 Å². The lowest BCUT2D eigenvalue weighted by Crippen LogP contribution is -2.24. The van der Waals surface area contributed by atoms with E-state index in [1.54, 1.807) is 0 Å². The molecule has 126 valence electrons. The van der Waals surface area contributed by atoms with Crippen LogP contribution < -0.4 is 5.32 Å². The molecule has 0 bridgehead atoms. The van der Waals surface area contributed by atoms with E-state index in [1.165, 1.54) is 6.92 Å². The third-order valence-electron chi connectivity index (χ3n) is 3.29. The number of carbonyl (C=O) groups is 2. The van der Waals surface area contributed by atoms with Crippen LogP contribution in [0.2, 0.25) is 0 Å². The fourth-order valence-electron chi connectivity index (χ4n) is 2.47. The van der Waals surface area contributed by atoms with Crippen LogP contribution >= 0.6 is 0 Å². The minimum Gasteiger partial charge on any atom is -0.461 e. The van der Waals surface area contributed by atoms with Gasteiger partial charge in [0.05, 0.1) is 11.1 Å². The number of benzene rings is 1. The van der Waals surface area contributed by atoms with Crippen molar-refractivity contribution < 1.29 is 14.3 Å². The number of ether oxygens (including phenoxy) is 1. The number of nitrogens with zero attached hydrogens (tertiary/aromatic N) is 1. The molecule has 0 saturated carbocycles. The highest BCUT2D eigenvalue weighted by Crippen LogP contribution is 2.26. The fraction of sp³-hybridized carbons (Fsp3) is 0.444. The number of esters is 1. The first-order valence-electron chi connectivity index (χ1n) is 8.19. The lowest BCUT2D eigenvalue weighted by Gasteiger charge is -2.03. The maximum atomic E-state index is 12.0. The van der Waals surface area contributed by atoms with E-state index < -0.39 is 0 Å². The highest BCUT2D eigenvalue weighted by molar-refractivity contribution is 6.07.